The van der Waals surface area contributed by atoms with Crippen molar-refractivity contribution in [1.82, 2.24) is 24.6 Å². The first kappa shape index (κ1) is 18.5. The number of rotatable bonds is 4. The highest BCUT2D eigenvalue weighted by Crippen LogP contribution is 2.16. The largest absolute Gasteiger partial charge is 0.335 e. The molecule has 0 saturated carbocycles. The Morgan fingerprint density at radius 3 is 2.57 bits per heavy atom. The van der Waals surface area contributed by atoms with E-state index in [1.165, 1.54) is 5.56 Å². The van der Waals surface area contributed by atoms with Crippen molar-refractivity contribution in [2.45, 2.75) is 25.8 Å². The van der Waals surface area contributed by atoms with Crippen LogP contribution < -0.4 is 0 Å². The average molecular weight is 397 g/mol. The van der Waals surface area contributed by atoms with E-state index in [4.69, 9.17) is 0 Å². The molecule has 5 rings (SSSR count). The Morgan fingerprint density at radius 1 is 0.833 bits per heavy atom. The Labute approximate surface area is 175 Å². The predicted molar refractivity (Wildman–Crippen MR) is 115 cm³/mol. The molecule has 0 saturated heterocycles. The lowest BCUT2D eigenvalue weighted by Gasteiger charge is -2.19. The van der Waals surface area contributed by atoms with Crippen LogP contribution in [0, 0.1) is 0 Å². The van der Waals surface area contributed by atoms with Crippen molar-refractivity contribution in [3.63, 3.8) is 0 Å². The number of pyridine rings is 1. The fourth-order valence-corrected chi connectivity index (χ4v) is 4.02. The number of fused-ring (bicyclic) bond motifs is 2. The summed E-state index contributed by atoms with van der Waals surface area (Å²) in [6.45, 7) is 1.98. The minimum atomic E-state index is -0.0229. The first-order chi connectivity index (χ1) is 14.8. The molecule has 0 radical (unpaired) electrons. The van der Waals surface area contributed by atoms with Gasteiger partial charge in [-0.3, -0.25) is 4.79 Å². The second-order valence-corrected chi connectivity index (χ2v) is 7.60. The third-order valence-electron chi connectivity index (χ3n) is 5.69. The van der Waals surface area contributed by atoms with E-state index in [-0.39, 0.29) is 5.91 Å². The summed E-state index contributed by atoms with van der Waals surface area (Å²) in [5, 5.41) is 9.85. The van der Waals surface area contributed by atoms with Crippen molar-refractivity contribution in [2.75, 3.05) is 13.1 Å². The van der Waals surface area contributed by atoms with Gasteiger partial charge in [0.2, 0.25) is 0 Å². The first-order valence-electron chi connectivity index (χ1n) is 10.4. The predicted octanol–water partition coefficient (Wildman–Crippen LogP) is 3.31. The maximum atomic E-state index is 13.1. The standard InChI is InChI=1S/C24H23N5O/c30-24(21-12-11-19-8-4-5-9-20(19)25-21)28-15-14-23-27-26-22(29(23)17-16-28)13-10-18-6-2-1-3-7-18/h1-9,11-12H,10,13-17H2. The summed E-state index contributed by atoms with van der Waals surface area (Å²) >= 11 is 0. The van der Waals surface area contributed by atoms with Gasteiger partial charge in [-0.25, -0.2) is 4.98 Å². The molecule has 6 heteroatoms. The topological polar surface area (TPSA) is 63.9 Å². The lowest BCUT2D eigenvalue weighted by Crippen LogP contribution is -2.34. The van der Waals surface area contributed by atoms with Crippen molar-refractivity contribution >= 4 is 16.8 Å². The summed E-state index contributed by atoms with van der Waals surface area (Å²) < 4.78 is 2.18. The Hall–Kier alpha value is -3.54. The van der Waals surface area contributed by atoms with Crippen LogP contribution in [0.5, 0.6) is 0 Å². The van der Waals surface area contributed by atoms with Gasteiger partial charge in [0, 0.05) is 37.9 Å². The number of nitrogens with zero attached hydrogens (tertiary/aromatic N) is 5. The summed E-state index contributed by atoms with van der Waals surface area (Å²) in [4.78, 5) is 19.5. The zero-order valence-corrected chi connectivity index (χ0v) is 16.7. The van der Waals surface area contributed by atoms with Crippen LogP contribution >= 0.6 is 0 Å². The van der Waals surface area contributed by atoms with Crippen LogP contribution in [0.1, 0.15) is 27.7 Å². The van der Waals surface area contributed by atoms with Crippen molar-refractivity contribution in [2.24, 2.45) is 0 Å². The molecule has 2 aromatic carbocycles. The zero-order valence-electron chi connectivity index (χ0n) is 16.7. The molecule has 6 nitrogen and oxygen atoms in total. The minimum absolute atomic E-state index is 0.0229. The summed E-state index contributed by atoms with van der Waals surface area (Å²) in [6, 6.07) is 22.1. The number of hydrogen-bond acceptors (Lipinski definition) is 4. The Balaban J connectivity index is 1.29. The van der Waals surface area contributed by atoms with Crippen molar-refractivity contribution in [3.8, 4) is 0 Å². The van der Waals surface area contributed by atoms with Crippen LogP contribution in [0.4, 0.5) is 0 Å². The molecule has 0 bridgehead atoms. The quantitative estimate of drug-likeness (QED) is 0.530. The lowest BCUT2D eigenvalue weighted by atomic mass is 10.1. The van der Waals surface area contributed by atoms with E-state index in [1.54, 1.807) is 0 Å². The monoisotopic (exact) mass is 397 g/mol. The van der Waals surface area contributed by atoms with Gasteiger partial charge >= 0.3 is 0 Å². The van der Waals surface area contributed by atoms with Crippen LogP contribution in [0.15, 0.2) is 66.7 Å². The van der Waals surface area contributed by atoms with Crippen LogP contribution in [0.3, 0.4) is 0 Å². The third-order valence-corrected chi connectivity index (χ3v) is 5.69. The Morgan fingerprint density at radius 2 is 1.67 bits per heavy atom. The number of amides is 1. The highest BCUT2D eigenvalue weighted by atomic mass is 16.2. The maximum Gasteiger partial charge on any atom is 0.272 e. The number of carbonyl (C=O) groups is 1. The zero-order chi connectivity index (χ0) is 20.3. The van der Waals surface area contributed by atoms with Gasteiger partial charge in [-0.15, -0.1) is 10.2 Å². The molecule has 0 spiro atoms. The Kier molecular flexibility index (Phi) is 4.97. The first-order valence-corrected chi connectivity index (χ1v) is 10.4. The highest BCUT2D eigenvalue weighted by molar-refractivity contribution is 5.94. The maximum absolute atomic E-state index is 13.1. The van der Waals surface area contributed by atoms with Crippen molar-refractivity contribution in [3.05, 3.63) is 89.6 Å². The summed E-state index contributed by atoms with van der Waals surface area (Å²) in [7, 11) is 0. The summed E-state index contributed by atoms with van der Waals surface area (Å²) in [6.07, 6.45) is 2.48. The molecule has 0 unspecified atom stereocenters. The highest BCUT2D eigenvalue weighted by Gasteiger charge is 2.23. The van der Waals surface area contributed by atoms with Gasteiger partial charge in [0.15, 0.2) is 0 Å². The van der Waals surface area contributed by atoms with E-state index in [0.29, 0.717) is 31.7 Å². The molecule has 150 valence electrons. The normalized spacial score (nSPS) is 13.8. The molecule has 0 fully saturated rings. The van der Waals surface area contributed by atoms with E-state index in [2.05, 4.69) is 44.0 Å². The van der Waals surface area contributed by atoms with E-state index >= 15 is 0 Å². The van der Waals surface area contributed by atoms with Crippen LogP contribution in [-0.4, -0.2) is 43.6 Å². The third kappa shape index (κ3) is 3.68. The number of aryl methyl sites for hydroxylation is 2. The van der Waals surface area contributed by atoms with E-state index < -0.39 is 0 Å². The molecule has 0 aliphatic carbocycles. The minimum Gasteiger partial charge on any atom is -0.335 e. The molecule has 2 aromatic heterocycles. The fourth-order valence-electron chi connectivity index (χ4n) is 4.02. The lowest BCUT2D eigenvalue weighted by molar-refractivity contribution is 0.0753. The molecular weight excluding hydrogens is 374 g/mol. The van der Waals surface area contributed by atoms with Gasteiger partial charge in [0.05, 0.1) is 5.52 Å². The number of aromatic nitrogens is 4. The molecule has 0 atom stereocenters. The molecule has 1 amide bonds. The summed E-state index contributed by atoms with van der Waals surface area (Å²) in [5.74, 6) is 1.93. The van der Waals surface area contributed by atoms with Gasteiger partial charge in [-0.2, -0.15) is 0 Å². The second kappa shape index (κ2) is 8.06. The van der Waals surface area contributed by atoms with Gasteiger partial charge in [-0.05, 0) is 24.1 Å². The van der Waals surface area contributed by atoms with Crippen LogP contribution in [0.25, 0.3) is 10.9 Å². The number of para-hydroxylation sites is 1. The average Bonchev–Trinajstić information content (AvgIpc) is 3.06. The molecular formula is C24H23N5O. The van der Waals surface area contributed by atoms with Crippen LogP contribution in [0.2, 0.25) is 0 Å². The van der Waals surface area contributed by atoms with E-state index in [0.717, 1.165) is 35.4 Å². The molecule has 3 heterocycles. The van der Waals surface area contributed by atoms with Gasteiger partial charge in [0.25, 0.3) is 5.91 Å². The van der Waals surface area contributed by atoms with Gasteiger partial charge in [0.1, 0.15) is 17.3 Å². The second-order valence-electron chi connectivity index (χ2n) is 7.60. The smallest absolute Gasteiger partial charge is 0.272 e. The van der Waals surface area contributed by atoms with Crippen molar-refractivity contribution in [1.29, 1.82) is 0 Å². The molecule has 1 aliphatic heterocycles. The molecule has 30 heavy (non-hydrogen) atoms. The van der Waals surface area contributed by atoms with Gasteiger partial charge in [-0.1, -0.05) is 54.6 Å². The molecule has 4 aromatic rings. The summed E-state index contributed by atoms with van der Waals surface area (Å²) in [5.41, 5.74) is 2.64. The molecule has 0 N–H and O–H groups in total. The SMILES string of the molecule is O=C(c1ccc2ccccc2n1)N1CCc2nnc(CCc3ccccc3)n2CC1. The fraction of sp³-hybridized carbons (Fsp3) is 0.250. The number of hydrogen-bond donors (Lipinski definition) is 0. The number of benzene rings is 2. The van der Waals surface area contributed by atoms with Crippen LogP contribution in [-0.2, 0) is 25.8 Å². The van der Waals surface area contributed by atoms with Gasteiger partial charge < -0.3 is 9.47 Å². The van der Waals surface area contributed by atoms with E-state index in [9.17, 15) is 4.79 Å². The Bertz CT molecular complexity index is 1180. The molecule has 1 aliphatic rings. The van der Waals surface area contributed by atoms with E-state index in [1.807, 2.05) is 47.4 Å². The van der Waals surface area contributed by atoms with Crippen molar-refractivity contribution < 1.29 is 4.79 Å². The number of carbonyl (C=O) groups excluding carboxylic acids is 1.